The Morgan fingerprint density at radius 3 is 2.79 bits per heavy atom. The molecule has 0 aromatic carbocycles. The standard InChI is InChI=1S/C21H34N4OS.HI/c1-3-22-21(23-13-16(2)18-10-12-27-15-18)24-19-9-11-25(14-19)20(26)17-7-5-4-6-8-17;/h10,12,15-17,19H,3-9,11,13-14H2,1-2H3,(H2,22,23,24);1H. The number of hydrogen-bond donors (Lipinski definition) is 2. The van der Waals surface area contributed by atoms with Crippen LogP contribution in [-0.2, 0) is 4.79 Å². The van der Waals surface area contributed by atoms with Gasteiger partial charge in [-0.25, -0.2) is 0 Å². The van der Waals surface area contributed by atoms with E-state index in [0.717, 1.165) is 51.4 Å². The fraction of sp³-hybridized carbons (Fsp3) is 0.714. The Kier molecular flexibility index (Phi) is 10.0. The third kappa shape index (κ3) is 6.61. The molecule has 1 saturated heterocycles. The van der Waals surface area contributed by atoms with Crippen molar-refractivity contribution in [3.05, 3.63) is 22.4 Å². The van der Waals surface area contributed by atoms with Gasteiger partial charge in [-0.05, 0) is 48.6 Å². The molecule has 28 heavy (non-hydrogen) atoms. The molecular weight excluding hydrogens is 483 g/mol. The largest absolute Gasteiger partial charge is 0.357 e. The molecule has 1 aliphatic heterocycles. The van der Waals surface area contributed by atoms with E-state index < -0.39 is 0 Å². The number of thiophene rings is 1. The second-order valence-electron chi connectivity index (χ2n) is 7.93. The molecule has 2 N–H and O–H groups in total. The van der Waals surface area contributed by atoms with E-state index in [9.17, 15) is 4.79 Å². The molecule has 1 aliphatic carbocycles. The van der Waals surface area contributed by atoms with Gasteiger partial charge in [0.15, 0.2) is 5.96 Å². The van der Waals surface area contributed by atoms with Crippen LogP contribution in [0.15, 0.2) is 21.8 Å². The zero-order valence-corrected chi connectivity index (χ0v) is 20.3. The molecule has 2 unspecified atom stereocenters. The van der Waals surface area contributed by atoms with Crippen LogP contribution in [0.25, 0.3) is 0 Å². The molecule has 2 heterocycles. The molecule has 1 saturated carbocycles. The second kappa shape index (κ2) is 12.0. The number of carbonyl (C=O) groups excluding carboxylic acids is 1. The molecule has 2 fully saturated rings. The van der Waals surface area contributed by atoms with E-state index in [1.54, 1.807) is 11.3 Å². The van der Waals surface area contributed by atoms with E-state index in [1.807, 2.05) is 0 Å². The summed E-state index contributed by atoms with van der Waals surface area (Å²) in [5.74, 6) is 1.94. The topological polar surface area (TPSA) is 56.7 Å². The highest BCUT2D eigenvalue weighted by molar-refractivity contribution is 14.0. The summed E-state index contributed by atoms with van der Waals surface area (Å²) in [6.07, 6.45) is 6.89. The summed E-state index contributed by atoms with van der Waals surface area (Å²) in [5.41, 5.74) is 1.35. The second-order valence-corrected chi connectivity index (χ2v) is 8.71. The number of guanidine groups is 1. The van der Waals surface area contributed by atoms with Crippen LogP contribution in [-0.4, -0.2) is 49.0 Å². The lowest BCUT2D eigenvalue weighted by molar-refractivity contribution is -0.135. The van der Waals surface area contributed by atoms with E-state index in [4.69, 9.17) is 4.99 Å². The van der Waals surface area contributed by atoms with Gasteiger partial charge < -0.3 is 15.5 Å². The fourth-order valence-corrected chi connectivity index (χ4v) is 4.87. The average molecular weight is 519 g/mol. The minimum absolute atomic E-state index is 0. The molecule has 2 atom stereocenters. The quantitative estimate of drug-likeness (QED) is 0.337. The maximum atomic E-state index is 12.8. The highest BCUT2D eigenvalue weighted by Crippen LogP contribution is 2.26. The van der Waals surface area contributed by atoms with Crippen molar-refractivity contribution in [2.45, 2.75) is 64.3 Å². The molecule has 1 aromatic heterocycles. The molecule has 2 aliphatic rings. The van der Waals surface area contributed by atoms with Crippen molar-refractivity contribution >= 4 is 47.2 Å². The number of nitrogens with one attached hydrogen (secondary N) is 2. The number of rotatable bonds is 6. The molecule has 158 valence electrons. The highest BCUT2D eigenvalue weighted by Gasteiger charge is 2.31. The van der Waals surface area contributed by atoms with Crippen LogP contribution in [0.4, 0.5) is 0 Å². The predicted octanol–water partition coefficient (Wildman–Crippen LogP) is 4.21. The van der Waals surface area contributed by atoms with Gasteiger partial charge in [-0.3, -0.25) is 9.79 Å². The van der Waals surface area contributed by atoms with Gasteiger partial charge in [0.2, 0.25) is 5.91 Å². The first-order valence-electron chi connectivity index (χ1n) is 10.5. The Morgan fingerprint density at radius 1 is 1.32 bits per heavy atom. The maximum Gasteiger partial charge on any atom is 0.225 e. The summed E-state index contributed by atoms with van der Waals surface area (Å²) in [4.78, 5) is 19.6. The predicted molar refractivity (Wildman–Crippen MR) is 129 cm³/mol. The van der Waals surface area contributed by atoms with Gasteiger partial charge in [0, 0.05) is 44.1 Å². The van der Waals surface area contributed by atoms with Crippen molar-refractivity contribution in [2.24, 2.45) is 10.9 Å². The average Bonchev–Trinajstić information content (AvgIpc) is 3.38. The maximum absolute atomic E-state index is 12.8. The van der Waals surface area contributed by atoms with E-state index in [0.29, 0.717) is 17.9 Å². The van der Waals surface area contributed by atoms with Crippen LogP contribution in [0.3, 0.4) is 0 Å². The summed E-state index contributed by atoms with van der Waals surface area (Å²) in [6.45, 7) is 7.60. The van der Waals surface area contributed by atoms with E-state index in [2.05, 4.69) is 46.2 Å². The summed E-state index contributed by atoms with van der Waals surface area (Å²) in [7, 11) is 0. The molecule has 0 radical (unpaired) electrons. The Hall–Kier alpha value is -0.830. The molecule has 1 aromatic rings. The third-order valence-electron chi connectivity index (χ3n) is 5.77. The van der Waals surface area contributed by atoms with E-state index in [1.165, 1.54) is 24.8 Å². The first-order valence-corrected chi connectivity index (χ1v) is 11.5. The van der Waals surface area contributed by atoms with Crippen LogP contribution in [0.5, 0.6) is 0 Å². The normalized spacial score (nSPS) is 21.9. The SMILES string of the molecule is CCNC(=NCC(C)c1ccsc1)NC1CCN(C(=O)C2CCCCC2)C1.I. The Morgan fingerprint density at radius 2 is 2.11 bits per heavy atom. The fourth-order valence-electron chi connectivity index (χ4n) is 4.09. The van der Waals surface area contributed by atoms with E-state index >= 15 is 0 Å². The minimum atomic E-state index is 0. The Balaban J connectivity index is 0.00000280. The number of hydrogen-bond acceptors (Lipinski definition) is 3. The summed E-state index contributed by atoms with van der Waals surface area (Å²) in [5, 5.41) is 11.2. The lowest BCUT2D eigenvalue weighted by Gasteiger charge is -2.26. The molecule has 1 amide bonds. The Labute approximate surface area is 190 Å². The monoisotopic (exact) mass is 518 g/mol. The smallest absolute Gasteiger partial charge is 0.225 e. The molecule has 0 bridgehead atoms. The van der Waals surface area contributed by atoms with Crippen LogP contribution in [0, 0.1) is 5.92 Å². The van der Waals surface area contributed by atoms with Crippen molar-refractivity contribution in [2.75, 3.05) is 26.2 Å². The van der Waals surface area contributed by atoms with Crippen molar-refractivity contribution < 1.29 is 4.79 Å². The van der Waals surface area contributed by atoms with Gasteiger partial charge in [0.25, 0.3) is 0 Å². The van der Waals surface area contributed by atoms with Gasteiger partial charge in [-0.2, -0.15) is 11.3 Å². The van der Waals surface area contributed by atoms with Gasteiger partial charge in [-0.15, -0.1) is 24.0 Å². The first kappa shape index (κ1) is 23.4. The van der Waals surface area contributed by atoms with Crippen LogP contribution >= 0.6 is 35.3 Å². The highest BCUT2D eigenvalue weighted by atomic mass is 127. The van der Waals surface area contributed by atoms with Gasteiger partial charge >= 0.3 is 0 Å². The third-order valence-corrected chi connectivity index (χ3v) is 6.48. The van der Waals surface area contributed by atoms with Crippen LogP contribution < -0.4 is 10.6 Å². The number of amides is 1. The minimum Gasteiger partial charge on any atom is -0.357 e. The molecule has 5 nitrogen and oxygen atoms in total. The van der Waals surface area contributed by atoms with Crippen molar-refractivity contribution in [3.8, 4) is 0 Å². The molecule has 3 rings (SSSR count). The summed E-state index contributed by atoms with van der Waals surface area (Å²) >= 11 is 1.74. The van der Waals surface area contributed by atoms with Crippen molar-refractivity contribution in [1.29, 1.82) is 0 Å². The van der Waals surface area contributed by atoms with Crippen LogP contribution in [0.1, 0.15) is 63.9 Å². The van der Waals surface area contributed by atoms with Crippen molar-refractivity contribution in [1.82, 2.24) is 15.5 Å². The first-order chi connectivity index (χ1) is 13.2. The molecule has 0 spiro atoms. The lowest BCUT2D eigenvalue weighted by Crippen LogP contribution is -2.45. The zero-order chi connectivity index (χ0) is 19.1. The van der Waals surface area contributed by atoms with E-state index in [-0.39, 0.29) is 29.9 Å². The summed E-state index contributed by atoms with van der Waals surface area (Å²) < 4.78 is 0. The lowest BCUT2D eigenvalue weighted by atomic mass is 9.88. The van der Waals surface area contributed by atoms with Gasteiger partial charge in [0.05, 0.1) is 0 Å². The van der Waals surface area contributed by atoms with Crippen LogP contribution in [0.2, 0.25) is 0 Å². The number of likely N-dealkylation sites (tertiary alicyclic amines) is 1. The zero-order valence-electron chi connectivity index (χ0n) is 17.2. The Bertz CT molecular complexity index is 616. The molecular formula is C21H35IN4OS. The van der Waals surface area contributed by atoms with Gasteiger partial charge in [-0.1, -0.05) is 26.2 Å². The molecule has 7 heteroatoms. The summed E-state index contributed by atoms with van der Waals surface area (Å²) in [6, 6.07) is 2.48. The number of halogens is 1. The van der Waals surface area contributed by atoms with Gasteiger partial charge in [0.1, 0.15) is 0 Å². The number of nitrogens with zero attached hydrogens (tertiary/aromatic N) is 2. The number of aliphatic imine (C=N–C) groups is 1. The number of carbonyl (C=O) groups is 1. The van der Waals surface area contributed by atoms with Crippen molar-refractivity contribution in [3.63, 3.8) is 0 Å².